The Morgan fingerprint density at radius 2 is 2.25 bits per heavy atom. The summed E-state index contributed by atoms with van der Waals surface area (Å²) in [5, 5.41) is 0. The molecule has 1 rings (SSSR count). The molecule has 0 saturated carbocycles. The van der Waals surface area contributed by atoms with Crippen LogP contribution in [0.15, 0.2) is 22.7 Å². The van der Waals surface area contributed by atoms with Crippen LogP contribution in [-0.2, 0) is 21.7 Å². The molecule has 1 N–H and O–H groups in total. The minimum atomic E-state index is -1.30. The molecular weight excluding hydrogens is 345 g/mol. The van der Waals surface area contributed by atoms with Gasteiger partial charge < -0.3 is 9.35 Å². The third kappa shape index (κ3) is 4.84. The van der Waals surface area contributed by atoms with Crippen molar-refractivity contribution in [1.29, 1.82) is 0 Å². The van der Waals surface area contributed by atoms with Gasteiger partial charge in [-0.2, -0.15) is 0 Å². The number of halogens is 2. The molecule has 0 aliphatic carbocycles. The minimum Gasteiger partial charge on any atom is -0.598 e. The van der Waals surface area contributed by atoms with Gasteiger partial charge in [-0.05, 0) is 31.5 Å². The van der Waals surface area contributed by atoms with Gasteiger partial charge in [0.2, 0.25) is 0 Å². The van der Waals surface area contributed by atoms with Gasteiger partial charge in [-0.3, -0.25) is 0 Å². The molecule has 3 nitrogen and oxygen atoms in total. The van der Waals surface area contributed by atoms with Crippen LogP contribution in [0.1, 0.15) is 38.7 Å². The second-order valence-corrected chi connectivity index (χ2v) is 7.05. The largest absolute Gasteiger partial charge is 0.598 e. The van der Waals surface area contributed by atoms with Gasteiger partial charge in [-0.1, -0.05) is 29.3 Å². The van der Waals surface area contributed by atoms with Crippen LogP contribution in [-0.4, -0.2) is 16.6 Å². The Morgan fingerprint density at radius 3 is 2.85 bits per heavy atom. The highest BCUT2D eigenvalue weighted by Crippen LogP contribution is 2.29. The number of carbonyl (C=O) groups is 1. The van der Waals surface area contributed by atoms with Crippen molar-refractivity contribution in [3.8, 4) is 0 Å². The molecule has 0 radical (unpaired) electrons. The molecule has 6 heteroatoms. The fourth-order valence-electron chi connectivity index (χ4n) is 1.87. The molecule has 0 heterocycles. The van der Waals surface area contributed by atoms with E-state index in [2.05, 4.69) is 20.7 Å². The van der Waals surface area contributed by atoms with Gasteiger partial charge in [0.15, 0.2) is 0 Å². The third-order valence-corrected chi connectivity index (χ3v) is 4.87. The molecule has 0 fully saturated rings. The summed E-state index contributed by atoms with van der Waals surface area (Å²) >= 11 is 1.99. The zero-order valence-electron chi connectivity index (χ0n) is 11.6. The standard InChI is InChI=1S/C14H19BrFNO2S/c1-3-4-9-20(19)17-14(2,7-8-18)12-10-11(15)5-6-13(12)16/h5-6,8,10,17H,3-4,7,9H2,1-2H3/t14-,20+/m0/s1. The molecule has 20 heavy (non-hydrogen) atoms. The maximum atomic E-state index is 14.0. The number of hydrogen-bond acceptors (Lipinski definition) is 3. The number of benzene rings is 1. The first-order chi connectivity index (χ1) is 9.42. The van der Waals surface area contributed by atoms with Crippen molar-refractivity contribution in [3.63, 3.8) is 0 Å². The summed E-state index contributed by atoms with van der Waals surface area (Å²) in [6, 6.07) is 4.54. The van der Waals surface area contributed by atoms with Crippen LogP contribution in [0.2, 0.25) is 0 Å². The van der Waals surface area contributed by atoms with Crippen molar-refractivity contribution in [2.45, 2.75) is 38.6 Å². The van der Waals surface area contributed by atoms with E-state index < -0.39 is 22.7 Å². The Labute approximate surface area is 130 Å². The second kappa shape index (κ2) is 8.12. The molecule has 1 aromatic rings. The monoisotopic (exact) mass is 363 g/mol. The van der Waals surface area contributed by atoms with E-state index in [1.807, 2.05) is 6.92 Å². The first-order valence-electron chi connectivity index (χ1n) is 6.48. The summed E-state index contributed by atoms with van der Waals surface area (Å²) in [5.41, 5.74) is -0.641. The highest BCUT2D eigenvalue weighted by atomic mass is 79.9. The van der Waals surface area contributed by atoms with Crippen LogP contribution in [0, 0.1) is 5.82 Å². The molecule has 0 bridgehead atoms. The summed E-state index contributed by atoms with van der Waals surface area (Å²) in [4.78, 5) is 10.9. The number of carbonyl (C=O) groups excluding carboxylic acids is 1. The predicted octanol–water partition coefficient (Wildman–Crippen LogP) is 3.45. The maximum absolute atomic E-state index is 14.0. The first-order valence-corrected chi connectivity index (χ1v) is 8.59. The zero-order chi connectivity index (χ0) is 15.2. The van der Waals surface area contributed by atoms with E-state index in [4.69, 9.17) is 0 Å². The SMILES string of the molecule is CCCC[S@@+]([O-])N[C@@](C)(CC=O)c1cc(Br)ccc1F. The fraction of sp³-hybridized carbons (Fsp3) is 0.500. The lowest BCUT2D eigenvalue weighted by molar-refractivity contribution is -0.108. The van der Waals surface area contributed by atoms with E-state index in [1.165, 1.54) is 6.07 Å². The maximum Gasteiger partial charge on any atom is 0.128 e. The summed E-state index contributed by atoms with van der Waals surface area (Å²) in [6.07, 6.45) is 2.52. The Balaban J connectivity index is 3.01. The lowest BCUT2D eigenvalue weighted by atomic mass is 9.90. The highest BCUT2D eigenvalue weighted by molar-refractivity contribution is 9.10. The number of hydrogen-bond donors (Lipinski definition) is 1. The van der Waals surface area contributed by atoms with Crippen molar-refractivity contribution >= 4 is 33.6 Å². The van der Waals surface area contributed by atoms with Gasteiger partial charge in [0.25, 0.3) is 0 Å². The van der Waals surface area contributed by atoms with Crippen molar-refractivity contribution in [3.05, 3.63) is 34.1 Å². The number of nitrogens with one attached hydrogen (secondary N) is 1. The van der Waals surface area contributed by atoms with Crippen molar-refractivity contribution < 1.29 is 13.7 Å². The van der Waals surface area contributed by atoms with Crippen LogP contribution in [0.25, 0.3) is 0 Å². The van der Waals surface area contributed by atoms with Gasteiger partial charge in [0.1, 0.15) is 17.9 Å². The average Bonchev–Trinajstić information content (AvgIpc) is 2.39. The lowest BCUT2D eigenvalue weighted by Crippen LogP contribution is -2.45. The normalized spacial score (nSPS) is 15.7. The fourth-order valence-corrected chi connectivity index (χ4v) is 3.58. The molecule has 1 aromatic carbocycles. The highest BCUT2D eigenvalue weighted by Gasteiger charge is 2.34. The van der Waals surface area contributed by atoms with Gasteiger partial charge in [-0.15, -0.1) is 4.72 Å². The van der Waals surface area contributed by atoms with Gasteiger partial charge in [-0.25, -0.2) is 4.39 Å². The van der Waals surface area contributed by atoms with E-state index in [0.29, 0.717) is 22.1 Å². The molecule has 0 spiro atoms. The Kier molecular flexibility index (Phi) is 7.15. The smallest absolute Gasteiger partial charge is 0.128 e. The van der Waals surface area contributed by atoms with Crippen molar-refractivity contribution in [2.24, 2.45) is 0 Å². The van der Waals surface area contributed by atoms with E-state index in [1.54, 1.807) is 19.1 Å². The number of unbranched alkanes of at least 4 members (excludes halogenated alkanes) is 1. The lowest BCUT2D eigenvalue weighted by Gasteiger charge is -2.30. The second-order valence-electron chi connectivity index (χ2n) is 4.83. The van der Waals surface area contributed by atoms with E-state index in [-0.39, 0.29) is 6.42 Å². The summed E-state index contributed by atoms with van der Waals surface area (Å²) < 4.78 is 29.6. The predicted molar refractivity (Wildman–Crippen MR) is 83.2 cm³/mol. The quantitative estimate of drug-likeness (QED) is 0.568. The molecule has 0 saturated heterocycles. The Bertz CT molecular complexity index is 461. The van der Waals surface area contributed by atoms with Crippen LogP contribution in [0.3, 0.4) is 0 Å². The van der Waals surface area contributed by atoms with E-state index in [9.17, 15) is 13.7 Å². The van der Waals surface area contributed by atoms with Crippen LogP contribution in [0.5, 0.6) is 0 Å². The topological polar surface area (TPSA) is 52.2 Å². The molecule has 2 atom stereocenters. The van der Waals surface area contributed by atoms with Gasteiger partial charge in [0, 0.05) is 27.8 Å². The van der Waals surface area contributed by atoms with Gasteiger partial charge in [0.05, 0.1) is 5.54 Å². The Hall–Kier alpha value is -0.430. The number of aldehydes is 1. The molecule has 0 unspecified atom stereocenters. The molecule has 0 aliphatic heterocycles. The number of rotatable bonds is 8. The molecule has 0 amide bonds. The molecule has 112 valence electrons. The van der Waals surface area contributed by atoms with Crippen molar-refractivity contribution in [1.82, 2.24) is 4.72 Å². The Morgan fingerprint density at radius 1 is 1.55 bits per heavy atom. The van der Waals surface area contributed by atoms with E-state index >= 15 is 0 Å². The van der Waals surface area contributed by atoms with Crippen LogP contribution < -0.4 is 4.72 Å². The summed E-state index contributed by atoms with van der Waals surface area (Å²) in [7, 11) is 0. The van der Waals surface area contributed by atoms with Crippen LogP contribution in [0.4, 0.5) is 4.39 Å². The van der Waals surface area contributed by atoms with Crippen molar-refractivity contribution in [2.75, 3.05) is 5.75 Å². The summed E-state index contributed by atoms with van der Waals surface area (Å²) in [5.74, 6) is 0.0677. The summed E-state index contributed by atoms with van der Waals surface area (Å²) in [6.45, 7) is 3.70. The third-order valence-electron chi connectivity index (χ3n) is 3.04. The van der Waals surface area contributed by atoms with Crippen LogP contribution >= 0.6 is 15.9 Å². The minimum absolute atomic E-state index is 0.0538. The molecule has 0 aromatic heterocycles. The molecular formula is C14H19BrFNO2S. The first kappa shape index (κ1) is 17.6. The molecule has 0 aliphatic rings. The zero-order valence-corrected chi connectivity index (χ0v) is 14.0. The average molecular weight is 364 g/mol. The van der Waals surface area contributed by atoms with E-state index in [0.717, 1.165) is 12.8 Å². The van der Waals surface area contributed by atoms with Gasteiger partial charge >= 0.3 is 0 Å².